The van der Waals surface area contributed by atoms with Gasteiger partial charge in [-0.05, 0) is 49.7 Å². The molecule has 41 heavy (non-hydrogen) atoms. The Balaban J connectivity index is 2.03. The van der Waals surface area contributed by atoms with Crippen LogP contribution < -0.4 is 15.8 Å². The maximum absolute atomic E-state index is 13.6. The summed E-state index contributed by atoms with van der Waals surface area (Å²) in [7, 11) is -3.81. The monoisotopic (exact) mass is 607 g/mol. The van der Waals surface area contributed by atoms with E-state index >= 15 is 0 Å². The molecule has 0 aliphatic heterocycles. The van der Waals surface area contributed by atoms with E-state index in [2.05, 4.69) is 19.6 Å². The molecule has 0 aliphatic rings. The first-order chi connectivity index (χ1) is 18.8. The van der Waals surface area contributed by atoms with Gasteiger partial charge >= 0.3 is 12.4 Å². The first-order valence-corrected chi connectivity index (χ1v) is 13.1. The fourth-order valence-corrected chi connectivity index (χ4v) is 4.60. The minimum Gasteiger partial charge on any atom is -0.436 e. The fraction of sp³-hybridized carbons (Fsp3) is 0.250. The van der Waals surface area contributed by atoms with E-state index in [9.17, 15) is 44.5 Å². The maximum atomic E-state index is 13.6. The van der Waals surface area contributed by atoms with Gasteiger partial charge in [-0.25, -0.2) is 14.2 Å². The lowest BCUT2D eigenvalue weighted by atomic mass is 10.0. The highest BCUT2D eigenvalue weighted by molar-refractivity contribution is 7.93. The van der Waals surface area contributed by atoms with Crippen molar-refractivity contribution in [1.82, 2.24) is 9.97 Å². The van der Waals surface area contributed by atoms with Crippen LogP contribution in [0.4, 0.5) is 36.4 Å². The standard InChI is InChI=1S/C24H20F7N5O4S/c1-11-15(23(26,27)28)10-33-22(40-16-7-8-17(25)34-12(16)2)18(11)20(37)35-13-5-4-6-14(9-13)41(3,39)36-21(38)19(32)24(29,30)31/h4-10,19H,32H2,1-3H3,(H,35,37)/t19?,41-/m1/s1. The molecule has 2 heterocycles. The van der Waals surface area contributed by atoms with Crippen molar-refractivity contribution in [3.8, 4) is 11.6 Å². The van der Waals surface area contributed by atoms with Gasteiger partial charge in [-0.15, -0.1) is 0 Å². The highest BCUT2D eigenvalue weighted by Crippen LogP contribution is 2.37. The van der Waals surface area contributed by atoms with E-state index in [1.165, 1.54) is 19.1 Å². The molecule has 3 rings (SSSR count). The summed E-state index contributed by atoms with van der Waals surface area (Å²) >= 11 is 0. The second kappa shape index (κ2) is 11.4. The second-order valence-electron chi connectivity index (χ2n) is 8.53. The number of anilines is 1. The van der Waals surface area contributed by atoms with Crippen molar-refractivity contribution in [2.75, 3.05) is 11.6 Å². The lowest BCUT2D eigenvalue weighted by Crippen LogP contribution is -2.43. The zero-order chi connectivity index (χ0) is 30.9. The highest BCUT2D eigenvalue weighted by atomic mass is 32.2. The fourth-order valence-electron chi connectivity index (χ4n) is 3.36. The summed E-state index contributed by atoms with van der Waals surface area (Å²) in [6.45, 7) is 2.34. The zero-order valence-electron chi connectivity index (χ0n) is 21.2. The molecule has 17 heteroatoms. The number of aryl methyl sites for hydroxylation is 1. The van der Waals surface area contributed by atoms with Crippen molar-refractivity contribution in [3.05, 3.63) is 70.9 Å². The Hall–Kier alpha value is -4.12. The molecule has 1 aromatic carbocycles. The van der Waals surface area contributed by atoms with Crippen molar-refractivity contribution in [2.24, 2.45) is 10.1 Å². The average Bonchev–Trinajstić information content (AvgIpc) is 2.83. The lowest BCUT2D eigenvalue weighted by molar-refractivity contribution is -0.160. The third-order valence-electron chi connectivity index (χ3n) is 5.46. The van der Waals surface area contributed by atoms with Crippen LogP contribution in [0.15, 0.2) is 51.9 Å². The molecule has 220 valence electrons. The molecule has 0 saturated carbocycles. The summed E-state index contributed by atoms with van der Waals surface area (Å²) in [4.78, 5) is 31.9. The maximum Gasteiger partial charge on any atom is 0.418 e. The number of aromatic nitrogens is 2. The van der Waals surface area contributed by atoms with Crippen LogP contribution >= 0.6 is 0 Å². The van der Waals surface area contributed by atoms with Gasteiger partial charge in [-0.1, -0.05) is 6.07 Å². The van der Waals surface area contributed by atoms with E-state index < -0.39 is 68.5 Å². The van der Waals surface area contributed by atoms with E-state index in [0.717, 1.165) is 37.4 Å². The van der Waals surface area contributed by atoms with Crippen LogP contribution in [-0.2, 0) is 20.7 Å². The summed E-state index contributed by atoms with van der Waals surface area (Å²) in [5.41, 5.74) is 2.14. The predicted molar refractivity (Wildman–Crippen MR) is 131 cm³/mol. The van der Waals surface area contributed by atoms with Crippen LogP contribution in [-0.4, -0.2) is 44.5 Å². The van der Waals surface area contributed by atoms with Crippen molar-refractivity contribution < 1.29 is 49.3 Å². The molecule has 2 aromatic heterocycles. The van der Waals surface area contributed by atoms with Gasteiger partial charge in [0.2, 0.25) is 11.8 Å². The SMILES string of the molecule is Cc1nc(F)ccc1Oc1ncc(C(F)(F)F)c(C)c1C(=O)Nc1cccc([S@@](C)(=O)=NC(=O)C(N)C(F)(F)F)c1. The Morgan fingerprint density at radius 2 is 1.76 bits per heavy atom. The Labute approximate surface area is 228 Å². The largest absolute Gasteiger partial charge is 0.436 e. The topological polar surface area (TPSA) is 137 Å². The summed E-state index contributed by atoms with van der Waals surface area (Å²) in [6.07, 6.45) is -8.73. The summed E-state index contributed by atoms with van der Waals surface area (Å²) in [5.74, 6) is -4.61. The number of pyridine rings is 2. The first kappa shape index (κ1) is 31.4. The average molecular weight is 608 g/mol. The molecule has 0 saturated heterocycles. The van der Waals surface area contributed by atoms with Crippen LogP contribution in [0.25, 0.3) is 0 Å². The summed E-state index contributed by atoms with van der Waals surface area (Å²) in [5, 5.41) is 2.28. The Bertz CT molecular complexity index is 1630. The first-order valence-electron chi connectivity index (χ1n) is 11.2. The number of amides is 2. The quantitative estimate of drug-likeness (QED) is 0.292. The molecule has 0 aliphatic carbocycles. The number of hydrogen-bond donors (Lipinski definition) is 2. The van der Waals surface area contributed by atoms with Crippen LogP contribution in [0.2, 0.25) is 0 Å². The van der Waals surface area contributed by atoms with Gasteiger partial charge in [0.05, 0.1) is 21.0 Å². The van der Waals surface area contributed by atoms with Gasteiger partial charge in [-0.2, -0.15) is 35.1 Å². The van der Waals surface area contributed by atoms with Crippen LogP contribution in [0, 0.1) is 19.8 Å². The van der Waals surface area contributed by atoms with E-state index in [1.807, 2.05) is 0 Å². The number of rotatable bonds is 6. The molecular formula is C24H20F7N5O4S. The number of nitrogens with one attached hydrogen (secondary N) is 1. The molecule has 1 unspecified atom stereocenters. The van der Waals surface area contributed by atoms with Crippen molar-refractivity contribution >= 4 is 27.2 Å². The molecular weight excluding hydrogens is 587 g/mol. The minimum absolute atomic E-state index is 0.00431. The molecule has 0 spiro atoms. The minimum atomic E-state index is -5.13. The Morgan fingerprint density at radius 1 is 1.10 bits per heavy atom. The van der Waals surface area contributed by atoms with E-state index in [0.29, 0.717) is 6.20 Å². The molecule has 0 fully saturated rings. The van der Waals surface area contributed by atoms with E-state index in [4.69, 9.17) is 10.5 Å². The third kappa shape index (κ3) is 7.35. The van der Waals surface area contributed by atoms with Gasteiger partial charge in [-0.3, -0.25) is 9.59 Å². The predicted octanol–water partition coefficient (Wildman–Crippen LogP) is 5.17. The Morgan fingerprint density at radius 3 is 2.34 bits per heavy atom. The molecule has 0 bridgehead atoms. The van der Waals surface area contributed by atoms with Crippen LogP contribution in [0.3, 0.4) is 0 Å². The van der Waals surface area contributed by atoms with Crippen molar-refractivity contribution in [2.45, 2.75) is 37.1 Å². The molecule has 2 atom stereocenters. The highest BCUT2D eigenvalue weighted by Gasteiger charge is 2.42. The number of carbonyl (C=O) groups excluding carboxylic acids is 2. The van der Waals surface area contributed by atoms with E-state index in [-0.39, 0.29) is 22.0 Å². The molecule has 0 radical (unpaired) electrons. The third-order valence-corrected chi connectivity index (χ3v) is 7.12. The van der Waals surface area contributed by atoms with Crippen molar-refractivity contribution in [1.29, 1.82) is 0 Å². The molecule has 3 N–H and O–H groups in total. The van der Waals surface area contributed by atoms with Crippen LogP contribution in [0.5, 0.6) is 11.6 Å². The molecule has 2 amide bonds. The number of nitrogens with two attached hydrogens (primary N) is 1. The number of nitrogens with zero attached hydrogens (tertiary/aromatic N) is 3. The summed E-state index contributed by atoms with van der Waals surface area (Å²) < 4.78 is 114. The number of hydrogen-bond acceptors (Lipinski definition) is 7. The summed E-state index contributed by atoms with van der Waals surface area (Å²) in [6, 6.07) is 3.62. The van der Waals surface area contributed by atoms with Gasteiger partial charge < -0.3 is 15.8 Å². The van der Waals surface area contributed by atoms with Gasteiger partial charge in [0.25, 0.3) is 11.8 Å². The zero-order valence-corrected chi connectivity index (χ0v) is 22.0. The molecule has 3 aromatic rings. The normalized spacial score (nSPS) is 14.1. The second-order valence-corrected chi connectivity index (χ2v) is 10.8. The number of ether oxygens (including phenoxy) is 1. The lowest BCUT2D eigenvalue weighted by Gasteiger charge is -2.18. The smallest absolute Gasteiger partial charge is 0.418 e. The number of alkyl halides is 6. The number of halogens is 7. The van der Waals surface area contributed by atoms with Gasteiger partial charge in [0.1, 0.15) is 5.56 Å². The van der Waals surface area contributed by atoms with Gasteiger partial charge in [0, 0.05) is 23.0 Å². The van der Waals surface area contributed by atoms with Gasteiger partial charge in [0.15, 0.2) is 11.8 Å². The Kier molecular flexibility index (Phi) is 8.73. The molecule has 9 nitrogen and oxygen atoms in total. The number of benzene rings is 1. The van der Waals surface area contributed by atoms with Crippen LogP contribution in [0.1, 0.15) is 27.2 Å². The van der Waals surface area contributed by atoms with E-state index in [1.54, 1.807) is 0 Å². The number of carbonyl (C=O) groups is 2. The van der Waals surface area contributed by atoms with Crippen molar-refractivity contribution in [3.63, 3.8) is 0 Å².